The van der Waals surface area contributed by atoms with E-state index < -0.39 is 0 Å². The van der Waals surface area contributed by atoms with E-state index in [1.54, 1.807) is 0 Å². The van der Waals surface area contributed by atoms with Crippen LogP contribution in [0.3, 0.4) is 0 Å². The van der Waals surface area contributed by atoms with E-state index in [-0.39, 0.29) is 5.78 Å². The molecule has 0 N–H and O–H groups in total. The average molecular weight is 254 g/mol. The van der Waals surface area contributed by atoms with Gasteiger partial charge in [0.25, 0.3) is 0 Å². The lowest BCUT2D eigenvalue weighted by Gasteiger charge is -2.14. The number of ketones is 1. The summed E-state index contributed by atoms with van der Waals surface area (Å²) in [5, 5.41) is 0. The fourth-order valence-electron chi connectivity index (χ4n) is 2.80. The van der Waals surface area contributed by atoms with Gasteiger partial charge in [-0.15, -0.1) is 0 Å². The number of carbonyl (C=O) groups excluding carboxylic acids is 1. The van der Waals surface area contributed by atoms with E-state index >= 15 is 0 Å². The molecular weight excluding hydrogens is 236 g/mol. The van der Waals surface area contributed by atoms with Gasteiger partial charge in [-0.25, -0.2) is 4.98 Å². The monoisotopic (exact) mass is 254 g/mol. The van der Waals surface area contributed by atoms with Crippen molar-refractivity contribution in [3.8, 4) is 0 Å². The van der Waals surface area contributed by atoms with Gasteiger partial charge in [-0.1, -0.05) is 30.3 Å². The normalized spacial score (nSPS) is 14.2. The van der Waals surface area contributed by atoms with Crippen LogP contribution < -0.4 is 0 Å². The van der Waals surface area contributed by atoms with Gasteiger partial charge in [0.15, 0.2) is 5.78 Å². The zero-order chi connectivity index (χ0) is 13.2. The van der Waals surface area contributed by atoms with E-state index in [4.69, 9.17) is 0 Å². The molecule has 98 valence electrons. The number of fused-ring (bicyclic) bond motifs is 1. The molecule has 1 aliphatic carbocycles. The van der Waals surface area contributed by atoms with Gasteiger partial charge in [0.2, 0.25) is 0 Å². The Hall–Kier alpha value is -1.90. The molecule has 0 radical (unpaired) electrons. The Balaban J connectivity index is 1.88. The molecule has 1 aromatic heterocycles. The van der Waals surface area contributed by atoms with Crippen LogP contribution in [0.5, 0.6) is 0 Å². The molecule has 1 aromatic carbocycles. The highest BCUT2D eigenvalue weighted by Crippen LogP contribution is 2.22. The minimum atomic E-state index is 0.162. The first-order chi connectivity index (χ1) is 9.25. The number of hydrogen-bond donors (Lipinski definition) is 0. The lowest BCUT2D eigenvalue weighted by molar-refractivity contribution is 0.0970. The maximum Gasteiger partial charge on any atom is 0.182 e. The van der Waals surface area contributed by atoms with Crippen molar-refractivity contribution >= 4 is 5.78 Å². The van der Waals surface area contributed by atoms with Crippen LogP contribution in [0.2, 0.25) is 0 Å². The molecule has 0 bridgehead atoms. The maximum absolute atomic E-state index is 12.3. The smallest absolute Gasteiger partial charge is 0.182 e. The summed E-state index contributed by atoms with van der Waals surface area (Å²) >= 11 is 0. The largest absolute Gasteiger partial charge is 0.324 e. The fraction of sp³-hybridized carbons (Fsp3) is 0.375. The third-order valence-corrected chi connectivity index (χ3v) is 3.82. The van der Waals surface area contributed by atoms with Crippen molar-refractivity contribution < 1.29 is 4.79 Å². The molecule has 0 unspecified atom stereocenters. The summed E-state index contributed by atoms with van der Waals surface area (Å²) in [6.45, 7) is 2.41. The first-order valence-electron chi connectivity index (χ1n) is 6.89. The quantitative estimate of drug-likeness (QED) is 0.789. The second-order valence-corrected chi connectivity index (χ2v) is 5.13. The first kappa shape index (κ1) is 12.2. The maximum atomic E-state index is 12.3. The second kappa shape index (κ2) is 5.00. The van der Waals surface area contributed by atoms with Crippen LogP contribution in [0.15, 0.2) is 30.3 Å². The Morgan fingerprint density at radius 2 is 1.95 bits per heavy atom. The Kier molecular flexibility index (Phi) is 3.20. The Bertz CT molecular complexity index is 599. The summed E-state index contributed by atoms with van der Waals surface area (Å²) in [5.41, 5.74) is 3.25. The summed E-state index contributed by atoms with van der Waals surface area (Å²) in [6.07, 6.45) is 4.54. The first-order valence-corrected chi connectivity index (χ1v) is 6.89. The minimum Gasteiger partial charge on any atom is -0.324 e. The van der Waals surface area contributed by atoms with Gasteiger partial charge in [0.1, 0.15) is 5.82 Å². The summed E-state index contributed by atoms with van der Waals surface area (Å²) in [7, 11) is 0. The molecule has 0 amide bonds. The van der Waals surface area contributed by atoms with Crippen LogP contribution in [0.1, 0.15) is 40.4 Å². The van der Waals surface area contributed by atoms with Crippen LogP contribution >= 0.6 is 0 Å². The van der Waals surface area contributed by atoms with Gasteiger partial charge in [0, 0.05) is 11.3 Å². The number of rotatable bonds is 3. The van der Waals surface area contributed by atoms with Crippen LogP contribution in [0, 0.1) is 6.92 Å². The zero-order valence-electron chi connectivity index (χ0n) is 11.2. The SMILES string of the molecule is Cc1nc2c(n1CC(=O)c1ccccc1)CCCC2. The number of nitrogens with zero attached hydrogens (tertiary/aromatic N) is 2. The molecule has 0 fully saturated rings. The molecule has 1 aliphatic rings. The predicted molar refractivity (Wildman–Crippen MR) is 74.4 cm³/mol. The van der Waals surface area contributed by atoms with Crippen LogP contribution in [0.25, 0.3) is 0 Å². The molecule has 3 rings (SSSR count). The highest BCUT2D eigenvalue weighted by molar-refractivity contribution is 5.95. The van der Waals surface area contributed by atoms with Crippen molar-refractivity contribution in [2.75, 3.05) is 0 Å². The number of benzene rings is 1. The van der Waals surface area contributed by atoms with Crippen LogP contribution in [-0.2, 0) is 19.4 Å². The van der Waals surface area contributed by atoms with Crippen molar-refractivity contribution in [2.45, 2.75) is 39.2 Å². The van der Waals surface area contributed by atoms with E-state index in [1.165, 1.54) is 24.2 Å². The average Bonchev–Trinajstić information content (AvgIpc) is 2.76. The van der Waals surface area contributed by atoms with Crippen molar-refractivity contribution in [2.24, 2.45) is 0 Å². The number of aromatic nitrogens is 2. The summed E-state index contributed by atoms with van der Waals surface area (Å²) < 4.78 is 2.10. The van der Waals surface area contributed by atoms with Gasteiger partial charge >= 0.3 is 0 Å². The highest BCUT2D eigenvalue weighted by atomic mass is 16.1. The Labute approximate surface area is 113 Å². The fourth-order valence-corrected chi connectivity index (χ4v) is 2.80. The number of aryl methyl sites for hydroxylation is 2. The van der Waals surface area contributed by atoms with Crippen molar-refractivity contribution in [1.82, 2.24) is 9.55 Å². The lowest BCUT2D eigenvalue weighted by atomic mass is 10.0. The number of carbonyl (C=O) groups is 1. The molecule has 0 spiro atoms. The van der Waals surface area contributed by atoms with E-state index in [1.807, 2.05) is 37.3 Å². The molecular formula is C16H18N2O. The van der Waals surface area contributed by atoms with Crippen LogP contribution in [-0.4, -0.2) is 15.3 Å². The standard InChI is InChI=1S/C16H18N2O/c1-12-17-14-9-5-6-10-15(14)18(12)11-16(19)13-7-3-2-4-8-13/h2-4,7-8H,5-6,9-11H2,1H3. The molecule has 3 nitrogen and oxygen atoms in total. The van der Waals surface area contributed by atoms with E-state index in [0.717, 1.165) is 24.2 Å². The lowest BCUT2D eigenvalue weighted by Crippen LogP contribution is -2.15. The number of imidazole rings is 1. The van der Waals surface area contributed by atoms with Gasteiger partial charge in [-0.2, -0.15) is 0 Å². The molecule has 0 aliphatic heterocycles. The molecule has 1 heterocycles. The molecule has 0 saturated carbocycles. The third-order valence-electron chi connectivity index (χ3n) is 3.82. The highest BCUT2D eigenvalue weighted by Gasteiger charge is 2.19. The van der Waals surface area contributed by atoms with Crippen molar-refractivity contribution in [1.29, 1.82) is 0 Å². The molecule has 2 aromatic rings. The molecule has 3 heteroatoms. The van der Waals surface area contributed by atoms with Crippen molar-refractivity contribution in [3.63, 3.8) is 0 Å². The van der Waals surface area contributed by atoms with Crippen LogP contribution in [0.4, 0.5) is 0 Å². The van der Waals surface area contributed by atoms with E-state index in [0.29, 0.717) is 6.54 Å². The minimum absolute atomic E-state index is 0.162. The third kappa shape index (κ3) is 2.33. The summed E-state index contributed by atoms with van der Waals surface area (Å²) in [5.74, 6) is 1.13. The second-order valence-electron chi connectivity index (χ2n) is 5.13. The molecule has 0 atom stereocenters. The van der Waals surface area contributed by atoms with Gasteiger partial charge in [-0.05, 0) is 32.6 Å². The van der Waals surface area contributed by atoms with Gasteiger partial charge in [-0.3, -0.25) is 4.79 Å². The topological polar surface area (TPSA) is 34.9 Å². The summed E-state index contributed by atoms with van der Waals surface area (Å²) in [6, 6.07) is 9.50. The predicted octanol–water partition coefficient (Wildman–Crippen LogP) is 2.95. The van der Waals surface area contributed by atoms with Gasteiger partial charge < -0.3 is 4.57 Å². The Morgan fingerprint density at radius 1 is 1.21 bits per heavy atom. The molecule has 19 heavy (non-hydrogen) atoms. The number of Topliss-reactive ketones (excluding diaryl/α,β-unsaturated/α-hetero) is 1. The molecule has 0 saturated heterocycles. The Morgan fingerprint density at radius 3 is 2.74 bits per heavy atom. The summed E-state index contributed by atoms with van der Waals surface area (Å²) in [4.78, 5) is 16.9. The van der Waals surface area contributed by atoms with E-state index in [2.05, 4.69) is 9.55 Å². The number of hydrogen-bond acceptors (Lipinski definition) is 2. The zero-order valence-corrected chi connectivity index (χ0v) is 11.2. The van der Waals surface area contributed by atoms with Crippen molar-refractivity contribution in [3.05, 3.63) is 53.1 Å². The van der Waals surface area contributed by atoms with Gasteiger partial charge in [0.05, 0.1) is 12.2 Å². The van der Waals surface area contributed by atoms with E-state index in [9.17, 15) is 4.79 Å².